The molecule has 37 heavy (non-hydrogen) atoms. The van der Waals surface area contributed by atoms with Gasteiger partial charge in [0.2, 0.25) is 0 Å². The molecule has 0 radical (unpaired) electrons. The third-order valence-electron chi connectivity index (χ3n) is 5.18. The third kappa shape index (κ3) is 6.42. The van der Waals surface area contributed by atoms with Gasteiger partial charge in [-0.25, -0.2) is 21.5 Å². The van der Waals surface area contributed by atoms with Crippen LogP contribution in [-0.2, 0) is 25.0 Å². The molecule has 16 heteroatoms. The van der Waals surface area contributed by atoms with Gasteiger partial charge in [-0.1, -0.05) is 12.1 Å². The molecule has 0 saturated heterocycles. The number of H-pyrrole nitrogens is 1. The Hall–Kier alpha value is -1.85. The average Bonchev–Trinajstić information content (AvgIpc) is 3.23. The number of hydrogen-bond donors (Lipinski definition) is 1. The minimum Gasteiger partial charge on any atom is -0.744 e. The smallest absolute Gasteiger partial charge is 0.744 e. The fourth-order valence-corrected chi connectivity index (χ4v) is 4.48. The summed E-state index contributed by atoms with van der Waals surface area (Å²) in [5.41, 5.74) is 0.230. The number of rotatable bonds is 5. The van der Waals surface area contributed by atoms with Crippen molar-refractivity contribution in [2.75, 3.05) is 5.01 Å². The molecule has 1 N–H and O–H groups in total. The first-order valence-corrected chi connectivity index (χ1v) is 12.6. The molecule has 1 amide bonds. The number of carbonyl (C=O) groups is 1. The molecule has 0 spiro atoms. The average molecular weight is 562 g/mol. The molecule has 12 nitrogen and oxygen atoms in total. The van der Waals surface area contributed by atoms with Crippen molar-refractivity contribution in [2.24, 2.45) is 5.10 Å². The van der Waals surface area contributed by atoms with Crippen molar-refractivity contribution in [3.63, 3.8) is 0 Å². The van der Waals surface area contributed by atoms with E-state index in [0.29, 0.717) is 5.69 Å². The first-order chi connectivity index (χ1) is 16.3. The number of anilines is 1. The molecule has 1 aromatic heterocycles. The molecule has 2 aromatic carbocycles. The summed E-state index contributed by atoms with van der Waals surface area (Å²) in [5, 5.41) is 7.81. The van der Waals surface area contributed by atoms with E-state index in [2.05, 4.69) is 10.2 Å². The second-order valence-electron chi connectivity index (χ2n) is 7.55. The van der Waals surface area contributed by atoms with Crippen LogP contribution in [0, 0.1) is 6.92 Å². The Kier molecular flexibility index (Phi) is 9.74. The van der Waals surface area contributed by atoms with Gasteiger partial charge >= 0.3 is 59.1 Å². The van der Waals surface area contributed by atoms with Gasteiger partial charge < -0.3 is 9.11 Å². The number of benzene rings is 2. The number of nitrogens with one attached hydrogen (secondary N) is 1. The third-order valence-corrected chi connectivity index (χ3v) is 6.85. The maximum atomic E-state index is 13.1. The van der Waals surface area contributed by atoms with Crippen molar-refractivity contribution in [2.45, 2.75) is 23.6 Å². The van der Waals surface area contributed by atoms with Crippen LogP contribution in [0.25, 0.3) is 11.8 Å². The molecule has 182 valence electrons. The van der Waals surface area contributed by atoms with E-state index < -0.39 is 41.5 Å². The Bertz CT molecular complexity index is 1720. The molecule has 0 unspecified atom stereocenters. The fraction of sp³-hybridized carbons (Fsp3) is 0.0952. The van der Waals surface area contributed by atoms with Crippen molar-refractivity contribution in [3.8, 4) is 5.69 Å². The molecule has 0 atom stereocenters. The van der Waals surface area contributed by atoms with E-state index in [4.69, 9.17) is 0 Å². The van der Waals surface area contributed by atoms with Crippen molar-refractivity contribution in [3.05, 3.63) is 75.7 Å². The van der Waals surface area contributed by atoms with E-state index in [0.717, 1.165) is 34.0 Å². The maximum Gasteiger partial charge on any atom is 1.00 e. The normalized spacial score (nSPS) is 14.8. The number of aromatic nitrogens is 2. The molecule has 2 heterocycles. The number of nitrogens with zero attached hydrogens (tertiary/aromatic N) is 3. The standard InChI is InChI=1S/C21H18N4O8S2.2Na/c1-12-18(20(26)24(22-12)14-5-3-7-16(9-14)34(28,29)30)11-19-13(2)23-25(21(19)27)15-6-4-8-17(10-15)35(31,32)33;;/h3-11,22H,1-2H3,(H,28,29,30)(H,31,32,33);;/q;2*+1/p-2/b19-11-;;. The SMILES string of the molecule is CC1=NN(c2cccc(S(=O)(=O)[O-])c2)C(=O)/C1=C\c1c(C)[nH]n(-c2cccc(S(=O)(=O)[O-])c2)c1=O.[Na+].[Na+]. The topological polar surface area (TPSA) is 185 Å². The molecular formula is C21H16N4Na2O8S2. The summed E-state index contributed by atoms with van der Waals surface area (Å²) in [6.45, 7) is 3.08. The Morgan fingerprint density at radius 2 is 1.38 bits per heavy atom. The molecule has 1 aliphatic rings. The summed E-state index contributed by atoms with van der Waals surface area (Å²) in [6.07, 6.45) is 1.30. The first kappa shape index (κ1) is 31.4. The molecule has 4 rings (SSSR count). The van der Waals surface area contributed by atoms with Crippen molar-refractivity contribution >= 4 is 43.6 Å². The number of aryl methyl sites for hydroxylation is 1. The van der Waals surface area contributed by atoms with E-state index >= 15 is 0 Å². The zero-order valence-electron chi connectivity index (χ0n) is 20.1. The van der Waals surface area contributed by atoms with Crippen molar-refractivity contribution in [1.29, 1.82) is 0 Å². The van der Waals surface area contributed by atoms with Crippen LogP contribution in [-0.4, -0.2) is 47.3 Å². The summed E-state index contributed by atoms with van der Waals surface area (Å²) in [6, 6.07) is 9.70. The predicted molar refractivity (Wildman–Crippen MR) is 122 cm³/mol. The molecule has 0 fully saturated rings. The van der Waals surface area contributed by atoms with E-state index in [1.54, 1.807) is 6.92 Å². The summed E-state index contributed by atoms with van der Waals surface area (Å²) in [7, 11) is -9.49. The van der Waals surface area contributed by atoms with Gasteiger partial charge in [0.25, 0.3) is 11.5 Å². The van der Waals surface area contributed by atoms with E-state index in [1.807, 2.05) is 0 Å². The van der Waals surface area contributed by atoms with Gasteiger partial charge in [-0.3, -0.25) is 14.7 Å². The van der Waals surface area contributed by atoms with Gasteiger partial charge in [0.15, 0.2) is 0 Å². The molecule has 1 aliphatic heterocycles. The summed E-state index contributed by atoms with van der Waals surface area (Å²) >= 11 is 0. The monoisotopic (exact) mass is 562 g/mol. The number of hydrazone groups is 1. The van der Waals surface area contributed by atoms with Crippen LogP contribution in [0.5, 0.6) is 0 Å². The number of aromatic amines is 1. The largest absolute Gasteiger partial charge is 1.00 e. The van der Waals surface area contributed by atoms with Crippen LogP contribution < -0.4 is 69.7 Å². The minimum absolute atomic E-state index is 0. The van der Waals surface area contributed by atoms with E-state index in [-0.39, 0.29) is 87.3 Å². The zero-order valence-corrected chi connectivity index (χ0v) is 25.8. The van der Waals surface area contributed by atoms with Crippen molar-refractivity contribution < 1.29 is 89.9 Å². The fourth-order valence-electron chi connectivity index (χ4n) is 3.46. The van der Waals surface area contributed by atoms with Crippen LogP contribution >= 0.6 is 0 Å². The van der Waals surface area contributed by atoms with Gasteiger partial charge in [-0.15, -0.1) is 0 Å². The second-order valence-corrected chi connectivity index (χ2v) is 10.3. The van der Waals surface area contributed by atoms with Gasteiger partial charge in [0.1, 0.15) is 20.2 Å². The molecule has 0 saturated carbocycles. The van der Waals surface area contributed by atoms with Crippen LogP contribution in [0.15, 0.2) is 73.8 Å². The van der Waals surface area contributed by atoms with Crippen LogP contribution in [0.1, 0.15) is 18.2 Å². The van der Waals surface area contributed by atoms with Crippen LogP contribution in [0.3, 0.4) is 0 Å². The number of hydrogen-bond acceptors (Lipinski definition) is 9. The van der Waals surface area contributed by atoms with E-state index in [9.17, 15) is 35.5 Å². The minimum atomic E-state index is -4.75. The maximum absolute atomic E-state index is 13.1. The summed E-state index contributed by atoms with van der Waals surface area (Å²) in [5.74, 6) is -0.658. The molecule has 0 aliphatic carbocycles. The van der Waals surface area contributed by atoms with E-state index in [1.165, 1.54) is 37.3 Å². The van der Waals surface area contributed by atoms with Crippen LogP contribution in [0.2, 0.25) is 0 Å². The molecular weight excluding hydrogens is 546 g/mol. The predicted octanol–water partition coefficient (Wildman–Crippen LogP) is -4.90. The Morgan fingerprint density at radius 1 is 0.865 bits per heavy atom. The molecule has 0 bridgehead atoms. The Morgan fingerprint density at radius 3 is 1.92 bits per heavy atom. The number of carbonyl (C=O) groups excluding carboxylic acids is 1. The van der Waals surface area contributed by atoms with Gasteiger partial charge in [-0.2, -0.15) is 10.1 Å². The quantitative estimate of drug-likeness (QED) is 0.182. The number of amides is 1. The molecule has 3 aromatic rings. The van der Waals surface area contributed by atoms with Gasteiger partial charge in [0, 0.05) is 5.69 Å². The zero-order chi connectivity index (χ0) is 25.7. The second kappa shape index (κ2) is 11.5. The summed E-state index contributed by atoms with van der Waals surface area (Å²) in [4.78, 5) is 25.0. The Balaban J connectivity index is 0.00000241. The first-order valence-electron chi connectivity index (χ1n) is 9.83. The summed E-state index contributed by atoms with van der Waals surface area (Å²) < 4.78 is 69.0. The van der Waals surface area contributed by atoms with Crippen molar-refractivity contribution in [1.82, 2.24) is 9.78 Å². The van der Waals surface area contributed by atoms with Crippen LogP contribution in [0.4, 0.5) is 5.69 Å². The Labute approximate surface area is 256 Å². The van der Waals surface area contributed by atoms with Gasteiger partial charge in [-0.05, 0) is 56.3 Å². The van der Waals surface area contributed by atoms with Gasteiger partial charge in [0.05, 0.1) is 38.0 Å².